The number of rotatable bonds is 5. The maximum absolute atomic E-state index is 13.0. The third-order valence-electron chi connectivity index (χ3n) is 7.01. The van der Waals surface area contributed by atoms with Gasteiger partial charge in [-0.1, -0.05) is 24.3 Å². The van der Waals surface area contributed by atoms with E-state index in [1.54, 1.807) is 7.11 Å². The second-order valence-corrected chi connectivity index (χ2v) is 8.93. The molecule has 2 heterocycles. The molecule has 0 spiro atoms. The normalized spacial score (nSPS) is 19.8. The summed E-state index contributed by atoms with van der Waals surface area (Å²) in [7, 11) is 1.70. The number of fused-ring (bicyclic) bond motifs is 2. The van der Waals surface area contributed by atoms with E-state index in [-0.39, 0.29) is 17.9 Å². The molecular formula is C26H31N3O2. The second kappa shape index (κ2) is 8.75. The molecule has 0 unspecified atom stereocenters. The Bertz CT molecular complexity index is 1070. The van der Waals surface area contributed by atoms with Crippen molar-refractivity contribution in [3.05, 3.63) is 65.4 Å². The quantitative estimate of drug-likeness (QED) is 0.639. The molecule has 1 aliphatic carbocycles. The standard InChI is InChI=1S/C26H31N3O2/c1-31-21-9-10-24-23(15-21)20(16-27-24)17-29-13-11-19(12-14-29)26(30)28-25-8-4-6-18-5-2-3-7-22(18)25/h2-3,5,7,9-10,15-16,19,25,27H,4,6,8,11-14,17H2,1H3,(H,28,30)/t25-/m1/s1. The predicted octanol–water partition coefficient (Wildman–Crippen LogP) is 4.58. The van der Waals surface area contributed by atoms with Crippen LogP contribution in [0, 0.1) is 5.92 Å². The Morgan fingerprint density at radius 2 is 2.00 bits per heavy atom. The molecule has 0 radical (unpaired) electrons. The van der Waals surface area contributed by atoms with Crippen molar-refractivity contribution in [2.24, 2.45) is 5.92 Å². The Morgan fingerprint density at radius 1 is 1.16 bits per heavy atom. The van der Waals surface area contributed by atoms with Crippen LogP contribution in [0.1, 0.15) is 48.4 Å². The molecule has 2 N–H and O–H groups in total. The number of aryl methyl sites for hydroxylation is 1. The van der Waals surface area contributed by atoms with Crippen molar-refractivity contribution >= 4 is 16.8 Å². The number of carbonyl (C=O) groups excluding carboxylic acids is 1. The summed E-state index contributed by atoms with van der Waals surface area (Å²) in [6.07, 6.45) is 7.27. The average molecular weight is 418 g/mol. The third kappa shape index (κ3) is 4.19. The maximum Gasteiger partial charge on any atom is 0.223 e. The molecule has 2 aromatic carbocycles. The molecule has 1 fully saturated rings. The molecule has 5 rings (SSSR count). The van der Waals surface area contributed by atoms with E-state index in [2.05, 4.69) is 57.8 Å². The summed E-state index contributed by atoms with van der Waals surface area (Å²) in [6.45, 7) is 2.81. The molecule has 31 heavy (non-hydrogen) atoms. The van der Waals surface area contributed by atoms with Crippen LogP contribution >= 0.6 is 0 Å². The first kappa shape index (κ1) is 20.1. The fraction of sp³-hybridized carbons (Fsp3) is 0.423. The van der Waals surface area contributed by atoms with Crippen molar-refractivity contribution in [3.63, 3.8) is 0 Å². The second-order valence-electron chi connectivity index (χ2n) is 8.93. The van der Waals surface area contributed by atoms with Gasteiger partial charge in [0, 0.05) is 29.6 Å². The Morgan fingerprint density at radius 3 is 2.84 bits per heavy atom. The monoisotopic (exact) mass is 417 g/mol. The van der Waals surface area contributed by atoms with Crippen LogP contribution in [-0.2, 0) is 17.8 Å². The predicted molar refractivity (Wildman–Crippen MR) is 123 cm³/mol. The lowest BCUT2D eigenvalue weighted by Gasteiger charge is -2.33. The zero-order valence-corrected chi connectivity index (χ0v) is 18.2. The molecule has 5 heteroatoms. The van der Waals surface area contributed by atoms with Crippen molar-refractivity contribution in [1.29, 1.82) is 0 Å². The zero-order chi connectivity index (χ0) is 21.2. The molecule has 162 valence electrons. The molecule has 2 aliphatic rings. The number of hydrogen-bond donors (Lipinski definition) is 2. The molecule has 5 nitrogen and oxygen atoms in total. The topological polar surface area (TPSA) is 57.4 Å². The maximum atomic E-state index is 13.0. The Hall–Kier alpha value is -2.79. The van der Waals surface area contributed by atoms with Gasteiger partial charge in [-0.05, 0) is 80.1 Å². The van der Waals surface area contributed by atoms with E-state index in [1.807, 2.05) is 6.07 Å². The largest absolute Gasteiger partial charge is 0.497 e. The average Bonchev–Trinajstić information content (AvgIpc) is 3.21. The number of aromatic amines is 1. The highest BCUT2D eigenvalue weighted by molar-refractivity contribution is 5.84. The van der Waals surface area contributed by atoms with Gasteiger partial charge in [0.25, 0.3) is 0 Å². The molecule has 1 aliphatic heterocycles. The van der Waals surface area contributed by atoms with Gasteiger partial charge in [0.05, 0.1) is 13.2 Å². The van der Waals surface area contributed by atoms with E-state index in [4.69, 9.17) is 4.74 Å². The number of methoxy groups -OCH3 is 1. The van der Waals surface area contributed by atoms with E-state index < -0.39 is 0 Å². The molecule has 1 aromatic heterocycles. The Labute approximate surface area is 183 Å². The minimum absolute atomic E-state index is 0.119. The van der Waals surface area contributed by atoms with E-state index in [1.165, 1.54) is 22.1 Å². The minimum Gasteiger partial charge on any atom is -0.497 e. The Balaban J connectivity index is 1.18. The molecule has 0 saturated carbocycles. The van der Waals surface area contributed by atoms with Crippen LogP contribution in [0.25, 0.3) is 10.9 Å². The van der Waals surface area contributed by atoms with Gasteiger partial charge in [-0.3, -0.25) is 9.69 Å². The number of amides is 1. The number of piperidine rings is 1. The van der Waals surface area contributed by atoms with Crippen LogP contribution in [0.4, 0.5) is 0 Å². The van der Waals surface area contributed by atoms with Gasteiger partial charge in [-0.2, -0.15) is 0 Å². The van der Waals surface area contributed by atoms with E-state index >= 15 is 0 Å². The van der Waals surface area contributed by atoms with Gasteiger partial charge in [-0.25, -0.2) is 0 Å². The van der Waals surface area contributed by atoms with E-state index in [9.17, 15) is 4.79 Å². The highest BCUT2D eigenvalue weighted by Gasteiger charge is 2.28. The molecule has 0 bridgehead atoms. The van der Waals surface area contributed by atoms with Gasteiger partial charge in [-0.15, -0.1) is 0 Å². The first-order valence-corrected chi connectivity index (χ1v) is 11.5. The molecule has 1 amide bonds. The Kier molecular flexibility index (Phi) is 5.68. The number of benzene rings is 2. The lowest BCUT2D eigenvalue weighted by molar-refractivity contribution is -0.127. The summed E-state index contributed by atoms with van der Waals surface area (Å²) in [5, 5.41) is 4.58. The van der Waals surface area contributed by atoms with E-state index in [0.717, 1.165) is 63.0 Å². The van der Waals surface area contributed by atoms with Crippen molar-refractivity contribution in [2.45, 2.75) is 44.7 Å². The van der Waals surface area contributed by atoms with Crippen LogP contribution in [0.5, 0.6) is 5.75 Å². The van der Waals surface area contributed by atoms with Crippen molar-refractivity contribution in [1.82, 2.24) is 15.2 Å². The van der Waals surface area contributed by atoms with Crippen LogP contribution in [0.15, 0.2) is 48.7 Å². The molecule has 1 saturated heterocycles. The van der Waals surface area contributed by atoms with E-state index in [0.29, 0.717) is 0 Å². The van der Waals surface area contributed by atoms with Gasteiger partial charge in [0.15, 0.2) is 0 Å². The highest BCUT2D eigenvalue weighted by Crippen LogP contribution is 2.31. The lowest BCUT2D eigenvalue weighted by atomic mass is 9.87. The summed E-state index contributed by atoms with van der Waals surface area (Å²) < 4.78 is 5.39. The lowest BCUT2D eigenvalue weighted by Crippen LogP contribution is -2.41. The van der Waals surface area contributed by atoms with Gasteiger partial charge in [0.2, 0.25) is 5.91 Å². The first-order chi connectivity index (χ1) is 15.2. The van der Waals surface area contributed by atoms with Crippen LogP contribution in [0.2, 0.25) is 0 Å². The fourth-order valence-corrected chi connectivity index (χ4v) is 5.20. The number of H-pyrrole nitrogens is 1. The van der Waals surface area contributed by atoms with Crippen LogP contribution < -0.4 is 10.1 Å². The highest BCUT2D eigenvalue weighted by atomic mass is 16.5. The van der Waals surface area contributed by atoms with Gasteiger partial charge in [0.1, 0.15) is 5.75 Å². The summed E-state index contributed by atoms with van der Waals surface area (Å²) in [6, 6.07) is 14.9. The van der Waals surface area contributed by atoms with Gasteiger partial charge >= 0.3 is 0 Å². The number of aromatic nitrogens is 1. The third-order valence-corrected chi connectivity index (χ3v) is 7.01. The minimum atomic E-state index is 0.119. The number of carbonyl (C=O) groups is 1. The summed E-state index contributed by atoms with van der Waals surface area (Å²) in [5.74, 6) is 1.24. The number of hydrogen-bond acceptors (Lipinski definition) is 3. The first-order valence-electron chi connectivity index (χ1n) is 11.5. The SMILES string of the molecule is COc1ccc2[nH]cc(CN3CCC(C(=O)N[C@@H]4CCCc5ccccc54)CC3)c2c1. The summed E-state index contributed by atoms with van der Waals surface area (Å²) in [4.78, 5) is 18.8. The van der Waals surface area contributed by atoms with Crippen molar-refractivity contribution < 1.29 is 9.53 Å². The summed E-state index contributed by atoms with van der Waals surface area (Å²) >= 11 is 0. The smallest absolute Gasteiger partial charge is 0.223 e. The molecular weight excluding hydrogens is 386 g/mol. The fourth-order valence-electron chi connectivity index (χ4n) is 5.20. The zero-order valence-electron chi connectivity index (χ0n) is 18.2. The van der Waals surface area contributed by atoms with Crippen molar-refractivity contribution in [2.75, 3.05) is 20.2 Å². The van der Waals surface area contributed by atoms with Gasteiger partial charge < -0.3 is 15.0 Å². The number of nitrogens with zero attached hydrogens (tertiary/aromatic N) is 1. The number of ether oxygens (including phenoxy) is 1. The number of nitrogens with one attached hydrogen (secondary N) is 2. The molecule has 3 aromatic rings. The van der Waals surface area contributed by atoms with Crippen molar-refractivity contribution in [3.8, 4) is 5.75 Å². The van der Waals surface area contributed by atoms with Crippen LogP contribution in [0.3, 0.4) is 0 Å². The number of likely N-dealkylation sites (tertiary alicyclic amines) is 1. The van der Waals surface area contributed by atoms with Crippen LogP contribution in [-0.4, -0.2) is 36.0 Å². The summed E-state index contributed by atoms with van der Waals surface area (Å²) in [5.41, 5.74) is 5.13. The molecule has 1 atom stereocenters.